The number of nitrogens with zero attached hydrogens (tertiary/aromatic N) is 1. The molecule has 0 radical (unpaired) electrons. The van der Waals surface area contributed by atoms with Crippen molar-refractivity contribution >= 4 is 17.3 Å². The summed E-state index contributed by atoms with van der Waals surface area (Å²) in [5.41, 5.74) is 4.10. The Morgan fingerprint density at radius 1 is 1.03 bits per heavy atom. The van der Waals surface area contributed by atoms with E-state index >= 15 is 0 Å². The second-order valence-electron chi connectivity index (χ2n) is 7.98. The second kappa shape index (κ2) is 11.9. The molecule has 3 rings (SSSR count). The molecular formula is C24H30ClNO7. The van der Waals surface area contributed by atoms with E-state index < -0.39 is 37.1 Å². The summed E-state index contributed by atoms with van der Waals surface area (Å²) in [5.74, 6) is 0. The zero-order valence-corrected chi connectivity index (χ0v) is 19.4. The van der Waals surface area contributed by atoms with Gasteiger partial charge in [-0.15, -0.1) is 0 Å². The molecule has 2 aromatic carbocycles. The second-order valence-corrected chi connectivity index (χ2v) is 8.38. The van der Waals surface area contributed by atoms with E-state index in [2.05, 4.69) is 5.16 Å². The summed E-state index contributed by atoms with van der Waals surface area (Å²) in [6, 6.07) is 13.0. The highest BCUT2D eigenvalue weighted by molar-refractivity contribution is 6.31. The van der Waals surface area contributed by atoms with Gasteiger partial charge in [0, 0.05) is 12.1 Å². The van der Waals surface area contributed by atoms with Gasteiger partial charge in [-0.2, -0.15) is 0 Å². The Labute approximate surface area is 198 Å². The number of halogens is 1. The molecule has 180 valence electrons. The number of hydrogen-bond acceptors (Lipinski definition) is 8. The molecule has 4 N–H and O–H groups in total. The standard InChI is InChI=1S/C24H30ClNO7/c1-14(26-32-10-9-31-2)16-5-3-15(4-6-16)11-18-12-17(7-8-19(18)25)24-23(30)22(29)21(28)20(13-27)33-24/h3-8,12,20-24,27-30H,9-11,13H2,1-2H3. The fraction of sp³-hybridized carbons (Fsp3) is 0.458. The van der Waals surface area contributed by atoms with Gasteiger partial charge < -0.3 is 34.7 Å². The fourth-order valence-electron chi connectivity index (χ4n) is 3.68. The van der Waals surface area contributed by atoms with Gasteiger partial charge in [-0.25, -0.2) is 0 Å². The van der Waals surface area contributed by atoms with Crippen molar-refractivity contribution in [3.63, 3.8) is 0 Å². The summed E-state index contributed by atoms with van der Waals surface area (Å²) < 4.78 is 10.6. The highest BCUT2D eigenvalue weighted by Crippen LogP contribution is 2.34. The lowest BCUT2D eigenvalue weighted by atomic mass is 9.90. The largest absolute Gasteiger partial charge is 0.394 e. The number of ether oxygens (including phenoxy) is 2. The maximum absolute atomic E-state index is 10.4. The normalized spacial score (nSPS) is 25.8. The van der Waals surface area contributed by atoms with Crippen molar-refractivity contribution in [3.8, 4) is 0 Å². The first-order valence-electron chi connectivity index (χ1n) is 10.7. The lowest BCUT2D eigenvalue weighted by molar-refractivity contribution is -0.231. The topological polar surface area (TPSA) is 121 Å². The Hall–Kier alpha value is -2.04. The van der Waals surface area contributed by atoms with Crippen molar-refractivity contribution in [1.82, 2.24) is 0 Å². The van der Waals surface area contributed by atoms with Gasteiger partial charge in [0.15, 0.2) is 0 Å². The quantitative estimate of drug-likeness (QED) is 0.246. The Kier molecular flexibility index (Phi) is 9.22. The van der Waals surface area contributed by atoms with Crippen molar-refractivity contribution < 1.29 is 34.7 Å². The van der Waals surface area contributed by atoms with Crippen LogP contribution in [-0.2, 0) is 20.7 Å². The Balaban J connectivity index is 1.74. The number of rotatable bonds is 9. The van der Waals surface area contributed by atoms with Gasteiger partial charge >= 0.3 is 0 Å². The number of methoxy groups -OCH3 is 1. The van der Waals surface area contributed by atoms with E-state index in [9.17, 15) is 20.4 Å². The van der Waals surface area contributed by atoms with E-state index in [1.54, 1.807) is 25.3 Å². The van der Waals surface area contributed by atoms with Gasteiger partial charge in [-0.3, -0.25) is 0 Å². The number of benzene rings is 2. The molecule has 33 heavy (non-hydrogen) atoms. The molecule has 1 saturated heterocycles. The highest BCUT2D eigenvalue weighted by atomic mass is 35.5. The summed E-state index contributed by atoms with van der Waals surface area (Å²) in [7, 11) is 1.60. The predicted molar refractivity (Wildman–Crippen MR) is 123 cm³/mol. The molecule has 0 amide bonds. The number of hydrogen-bond donors (Lipinski definition) is 4. The smallest absolute Gasteiger partial charge is 0.140 e. The first-order chi connectivity index (χ1) is 15.8. The van der Waals surface area contributed by atoms with E-state index in [4.69, 9.17) is 25.9 Å². The molecule has 8 nitrogen and oxygen atoms in total. The minimum atomic E-state index is -1.43. The zero-order chi connectivity index (χ0) is 24.0. The Morgan fingerprint density at radius 2 is 1.76 bits per heavy atom. The number of aliphatic hydroxyl groups excluding tert-OH is 4. The SMILES string of the molecule is COCCON=C(C)c1ccc(Cc2cc(C3OC(CO)C(O)C(O)C3O)ccc2Cl)cc1. The first-order valence-corrected chi connectivity index (χ1v) is 11.1. The van der Waals surface area contributed by atoms with Crippen LogP contribution < -0.4 is 0 Å². The van der Waals surface area contributed by atoms with Crippen molar-refractivity contribution in [2.24, 2.45) is 5.16 Å². The minimum absolute atomic E-state index is 0.384. The minimum Gasteiger partial charge on any atom is -0.394 e. The van der Waals surface area contributed by atoms with Gasteiger partial charge in [0.05, 0.1) is 18.9 Å². The summed E-state index contributed by atoms with van der Waals surface area (Å²) in [4.78, 5) is 5.21. The van der Waals surface area contributed by atoms with Crippen molar-refractivity contribution in [3.05, 3.63) is 69.7 Å². The first kappa shape index (κ1) is 25.6. The molecule has 2 aromatic rings. The molecule has 5 unspecified atom stereocenters. The number of oxime groups is 1. The molecule has 1 aliphatic heterocycles. The summed E-state index contributed by atoms with van der Waals surface area (Å²) in [6.45, 7) is 2.24. The van der Waals surface area contributed by atoms with Gasteiger partial charge in [0.1, 0.15) is 37.1 Å². The van der Waals surface area contributed by atoms with Gasteiger partial charge in [-0.05, 0) is 41.7 Å². The van der Waals surface area contributed by atoms with E-state index in [1.807, 2.05) is 31.2 Å². The van der Waals surface area contributed by atoms with E-state index in [-0.39, 0.29) is 0 Å². The van der Waals surface area contributed by atoms with Crippen LogP contribution in [0.15, 0.2) is 47.6 Å². The van der Waals surface area contributed by atoms with Crippen molar-refractivity contribution in [2.45, 2.75) is 43.9 Å². The van der Waals surface area contributed by atoms with Crippen LogP contribution >= 0.6 is 11.6 Å². The third-order valence-electron chi connectivity index (χ3n) is 5.64. The van der Waals surface area contributed by atoms with Crippen LogP contribution in [0.4, 0.5) is 0 Å². The molecular weight excluding hydrogens is 450 g/mol. The molecule has 1 aliphatic rings. The van der Waals surface area contributed by atoms with Crippen LogP contribution in [0.3, 0.4) is 0 Å². The third kappa shape index (κ3) is 6.30. The van der Waals surface area contributed by atoms with Crippen LogP contribution in [0, 0.1) is 0 Å². The summed E-state index contributed by atoms with van der Waals surface area (Å²) >= 11 is 6.42. The predicted octanol–water partition coefficient (Wildman–Crippen LogP) is 1.83. The van der Waals surface area contributed by atoms with E-state index in [0.29, 0.717) is 30.2 Å². The highest BCUT2D eigenvalue weighted by Gasteiger charge is 2.44. The molecule has 9 heteroatoms. The van der Waals surface area contributed by atoms with Crippen molar-refractivity contribution in [1.29, 1.82) is 0 Å². The fourth-order valence-corrected chi connectivity index (χ4v) is 3.87. The van der Waals surface area contributed by atoms with Crippen LogP contribution in [0.2, 0.25) is 5.02 Å². The Bertz CT molecular complexity index is 935. The molecule has 0 bridgehead atoms. The van der Waals surface area contributed by atoms with Crippen LogP contribution in [0.25, 0.3) is 0 Å². The Morgan fingerprint density at radius 3 is 2.42 bits per heavy atom. The van der Waals surface area contributed by atoms with Gasteiger partial charge in [0.2, 0.25) is 0 Å². The zero-order valence-electron chi connectivity index (χ0n) is 18.6. The van der Waals surface area contributed by atoms with Crippen molar-refractivity contribution in [2.75, 3.05) is 26.9 Å². The van der Waals surface area contributed by atoms with Crippen LogP contribution in [-0.4, -0.2) is 77.5 Å². The average molecular weight is 480 g/mol. The molecule has 0 aromatic heterocycles. The average Bonchev–Trinajstić information content (AvgIpc) is 2.82. The molecule has 0 saturated carbocycles. The molecule has 5 atom stereocenters. The van der Waals surface area contributed by atoms with Crippen LogP contribution in [0.5, 0.6) is 0 Å². The monoisotopic (exact) mass is 479 g/mol. The summed E-state index contributed by atoms with van der Waals surface area (Å²) in [6.07, 6.45) is -5.52. The van der Waals surface area contributed by atoms with E-state index in [0.717, 1.165) is 22.4 Å². The van der Waals surface area contributed by atoms with Crippen LogP contribution in [0.1, 0.15) is 35.3 Å². The van der Waals surface area contributed by atoms with Gasteiger partial charge in [-0.1, -0.05) is 53.2 Å². The van der Waals surface area contributed by atoms with E-state index in [1.165, 1.54) is 0 Å². The molecule has 1 fully saturated rings. The molecule has 0 spiro atoms. The molecule has 0 aliphatic carbocycles. The van der Waals surface area contributed by atoms with Gasteiger partial charge in [0.25, 0.3) is 0 Å². The lowest BCUT2D eigenvalue weighted by Crippen LogP contribution is -2.55. The summed E-state index contributed by atoms with van der Waals surface area (Å²) in [5, 5.41) is 44.6. The third-order valence-corrected chi connectivity index (χ3v) is 6.01. The lowest BCUT2D eigenvalue weighted by Gasteiger charge is -2.40. The number of aliphatic hydroxyl groups is 4. The maximum Gasteiger partial charge on any atom is 0.140 e. The maximum atomic E-state index is 10.4. The molecule has 1 heterocycles.